The molecule has 1 fully saturated rings. The normalized spacial score (nSPS) is 19.7. The molecule has 1 aliphatic rings. The zero-order valence-electron chi connectivity index (χ0n) is 9.48. The summed E-state index contributed by atoms with van der Waals surface area (Å²) in [5.41, 5.74) is 0.268. The second kappa shape index (κ2) is 5.24. The molecule has 1 saturated heterocycles. The van der Waals surface area contributed by atoms with Crippen LogP contribution < -0.4 is 10.0 Å². The SMILES string of the molecule is N#Cc1ccc(Cl)c(S(=O)(=O)N[C@@H]2CCNC2)c1. The molecule has 0 spiro atoms. The van der Waals surface area contributed by atoms with Crippen LogP contribution in [0.5, 0.6) is 0 Å². The molecule has 96 valence electrons. The van der Waals surface area contributed by atoms with Gasteiger partial charge in [0.1, 0.15) is 4.90 Å². The second-order valence-electron chi connectivity index (χ2n) is 4.07. The summed E-state index contributed by atoms with van der Waals surface area (Å²) in [5.74, 6) is 0. The Bertz CT molecular complexity index is 589. The fraction of sp³-hybridized carbons (Fsp3) is 0.364. The minimum absolute atomic E-state index is 0.0462. The van der Waals surface area contributed by atoms with Crippen molar-refractivity contribution in [2.24, 2.45) is 0 Å². The van der Waals surface area contributed by atoms with Gasteiger partial charge in [-0.25, -0.2) is 13.1 Å². The molecule has 2 rings (SSSR count). The molecule has 7 heteroatoms. The van der Waals surface area contributed by atoms with E-state index in [1.807, 2.05) is 6.07 Å². The Kier molecular flexibility index (Phi) is 3.88. The molecule has 1 aromatic rings. The van der Waals surface area contributed by atoms with Crippen LogP contribution in [0.4, 0.5) is 0 Å². The summed E-state index contributed by atoms with van der Waals surface area (Å²) in [4.78, 5) is -0.0462. The van der Waals surface area contributed by atoms with Gasteiger partial charge < -0.3 is 5.32 Å². The molecule has 0 aliphatic carbocycles. The maximum absolute atomic E-state index is 12.1. The highest BCUT2D eigenvalue weighted by atomic mass is 35.5. The van der Waals surface area contributed by atoms with Gasteiger partial charge in [-0.1, -0.05) is 11.6 Å². The third kappa shape index (κ3) is 2.82. The molecule has 18 heavy (non-hydrogen) atoms. The van der Waals surface area contributed by atoms with E-state index in [-0.39, 0.29) is 21.5 Å². The first-order valence-electron chi connectivity index (χ1n) is 5.45. The Labute approximate surface area is 111 Å². The third-order valence-electron chi connectivity index (χ3n) is 2.73. The Hall–Kier alpha value is -1.13. The Balaban J connectivity index is 2.31. The van der Waals surface area contributed by atoms with Crippen LogP contribution in [-0.4, -0.2) is 27.5 Å². The van der Waals surface area contributed by atoms with Crippen molar-refractivity contribution in [3.8, 4) is 6.07 Å². The van der Waals surface area contributed by atoms with Crippen LogP contribution >= 0.6 is 11.6 Å². The smallest absolute Gasteiger partial charge is 0.242 e. The van der Waals surface area contributed by atoms with E-state index in [0.717, 1.165) is 13.0 Å². The topological polar surface area (TPSA) is 82.0 Å². The number of hydrogen-bond donors (Lipinski definition) is 2. The standard InChI is InChI=1S/C11H12ClN3O2S/c12-10-2-1-8(6-13)5-11(10)18(16,17)15-9-3-4-14-7-9/h1-2,5,9,14-15H,3-4,7H2/t9-/m1/s1. The maximum atomic E-state index is 12.1. The highest BCUT2D eigenvalue weighted by Crippen LogP contribution is 2.22. The van der Waals surface area contributed by atoms with Crippen LogP contribution in [-0.2, 0) is 10.0 Å². The molecule has 1 atom stereocenters. The van der Waals surface area contributed by atoms with Gasteiger partial charge in [-0.15, -0.1) is 0 Å². The minimum Gasteiger partial charge on any atom is -0.315 e. The van der Waals surface area contributed by atoms with E-state index in [4.69, 9.17) is 16.9 Å². The van der Waals surface area contributed by atoms with E-state index in [1.54, 1.807) is 0 Å². The van der Waals surface area contributed by atoms with Crippen molar-refractivity contribution in [1.29, 1.82) is 5.26 Å². The van der Waals surface area contributed by atoms with Crippen LogP contribution in [0.15, 0.2) is 23.1 Å². The summed E-state index contributed by atoms with van der Waals surface area (Å²) in [6.07, 6.45) is 0.745. The molecule has 1 heterocycles. The lowest BCUT2D eigenvalue weighted by Crippen LogP contribution is -2.36. The van der Waals surface area contributed by atoms with Gasteiger partial charge in [-0.05, 0) is 31.2 Å². The highest BCUT2D eigenvalue weighted by molar-refractivity contribution is 7.89. The molecule has 2 N–H and O–H groups in total. The van der Waals surface area contributed by atoms with Crippen molar-refractivity contribution in [3.05, 3.63) is 28.8 Å². The summed E-state index contributed by atoms with van der Waals surface area (Å²) in [7, 11) is -3.68. The molecular formula is C11H12ClN3O2S. The van der Waals surface area contributed by atoms with Crippen molar-refractivity contribution >= 4 is 21.6 Å². The van der Waals surface area contributed by atoms with Gasteiger partial charge in [-0.3, -0.25) is 0 Å². The molecule has 1 aromatic carbocycles. The lowest BCUT2D eigenvalue weighted by molar-refractivity contribution is 0.560. The van der Waals surface area contributed by atoms with Gasteiger partial charge in [0.2, 0.25) is 10.0 Å². The minimum atomic E-state index is -3.68. The van der Waals surface area contributed by atoms with Crippen molar-refractivity contribution in [2.75, 3.05) is 13.1 Å². The van der Waals surface area contributed by atoms with Crippen LogP contribution in [0.25, 0.3) is 0 Å². The summed E-state index contributed by atoms with van der Waals surface area (Å²) in [6, 6.07) is 5.96. The first-order valence-corrected chi connectivity index (χ1v) is 7.32. The number of hydrogen-bond acceptors (Lipinski definition) is 4. The summed E-state index contributed by atoms with van der Waals surface area (Å²) >= 11 is 5.88. The average molecular weight is 286 g/mol. The van der Waals surface area contributed by atoms with E-state index in [0.29, 0.717) is 6.54 Å². The van der Waals surface area contributed by atoms with Gasteiger partial charge in [0.25, 0.3) is 0 Å². The van der Waals surface area contributed by atoms with Crippen LogP contribution in [0, 0.1) is 11.3 Å². The molecule has 5 nitrogen and oxygen atoms in total. The maximum Gasteiger partial charge on any atom is 0.242 e. The van der Waals surface area contributed by atoms with E-state index in [9.17, 15) is 8.42 Å². The van der Waals surface area contributed by atoms with Gasteiger partial charge in [0, 0.05) is 12.6 Å². The lowest BCUT2D eigenvalue weighted by atomic mass is 10.2. The zero-order chi connectivity index (χ0) is 13.2. The second-order valence-corrected chi connectivity index (χ2v) is 6.16. The van der Waals surface area contributed by atoms with E-state index >= 15 is 0 Å². The monoisotopic (exact) mass is 285 g/mol. The first kappa shape index (κ1) is 13.3. The third-order valence-corrected chi connectivity index (χ3v) is 4.73. The molecular weight excluding hydrogens is 274 g/mol. The molecule has 0 radical (unpaired) electrons. The lowest BCUT2D eigenvalue weighted by Gasteiger charge is -2.13. The number of rotatable bonds is 3. The Morgan fingerprint density at radius 3 is 2.89 bits per heavy atom. The Morgan fingerprint density at radius 1 is 1.50 bits per heavy atom. The average Bonchev–Trinajstić information content (AvgIpc) is 2.81. The molecule has 0 aromatic heterocycles. The fourth-order valence-corrected chi connectivity index (χ4v) is 3.61. The number of halogens is 1. The van der Waals surface area contributed by atoms with E-state index < -0.39 is 10.0 Å². The summed E-state index contributed by atoms with van der Waals surface area (Å²) in [5, 5.41) is 12.0. The van der Waals surface area contributed by atoms with Crippen molar-refractivity contribution < 1.29 is 8.42 Å². The predicted octanol–water partition coefficient (Wildman–Crippen LogP) is 0.852. The summed E-state index contributed by atoms with van der Waals surface area (Å²) in [6.45, 7) is 1.40. The van der Waals surface area contributed by atoms with Crippen molar-refractivity contribution in [2.45, 2.75) is 17.4 Å². The highest BCUT2D eigenvalue weighted by Gasteiger charge is 2.24. The summed E-state index contributed by atoms with van der Waals surface area (Å²) < 4.78 is 26.9. The van der Waals surface area contributed by atoms with Crippen molar-refractivity contribution in [3.63, 3.8) is 0 Å². The van der Waals surface area contributed by atoms with Crippen LogP contribution in [0.1, 0.15) is 12.0 Å². The van der Waals surface area contributed by atoms with E-state index in [2.05, 4.69) is 10.0 Å². The number of nitrogens with one attached hydrogen (secondary N) is 2. The quantitative estimate of drug-likeness (QED) is 0.863. The molecule has 0 saturated carbocycles. The molecule has 0 bridgehead atoms. The number of benzene rings is 1. The van der Waals surface area contributed by atoms with Gasteiger partial charge in [0.15, 0.2) is 0 Å². The Morgan fingerprint density at radius 2 is 2.28 bits per heavy atom. The van der Waals surface area contributed by atoms with Gasteiger partial charge in [-0.2, -0.15) is 5.26 Å². The molecule has 1 aliphatic heterocycles. The largest absolute Gasteiger partial charge is 0.315 e. The number of nitriles is 1. The fourth-order valence-electron chi connectivity index (χ4n) is 1.82. The van der Waals surface area contributed by atoms with Crippen LogP contribution in [0.3, 0.4) is 0 Å². The van der Waals surface area contributed by atoms with Gasteiger partial charge >= 0.3 is 0 Å². The first-order chi connectivity index (χ1) is 8.53. The van der Waals surface area contributed by atoms with Gasteiger partial charge in [0.05, 0.1) is 16.7 Å². The van der Waals surface area contributed by atoms with E-state index in [1.165, 1.54) is 18.2 Å². The molecule has 0 unspecified atom stereocenters. The van der Waals surface area contributed by atoms with Crippen LogP contribution in [0.2, 0.25) is 5.02 Å². The number of nitrogens with zero attached hydrogens (tertiary/aromatic N) is 1. The predicted molar refractivity (Wildman–Crippen MR) is 67.8 cm³/mol. The zero-order valence-corrected chi connectivity index (χ0v) is 11.1. The van der Waals surface area contributed by atoms with Crippen molar-refractivity contribution in [1.82, 2.24) is 10.0 Å². The molecule has 0 amide bonds. The number of sulfonamides is 1.